The smallest absolute Gasteiger partial charge is 0.323 e. The highest BCUT2D eigenvalue weighted by molar-refractivity contribution is 6.00. The number of urea groups is 1. The van der Waals surface area contributed by atoms with Crippen molar-refractivity contribution in [1.29, 1.82) is 0 Å². The number of benzene rings is 2. The molecular formula is C33H35N9O2. The predicted molar refractivity (Wildman–Crippen MR) is 171 cm³/mol. The van der Waals surface area contributed by atoms with Crippen molar-refractivity contribution in [2.24, 2.45) is 7.05 Å². The number of piperazine rings is 1. The lowest BCUT2D eigenvalue weighted by molar-refractivity contribution is 0.0945. The fraction of sp³-hybridized carbons (Fsp3) is 0.273. The third kappa shape index (κ3) is 6.57. The number of carbonyl (C=O) groups is 2. The minimum atomic E-state index is -0.335. The molecule has 1 fully saturated rings. The first kappa shape index (κ1) is 28.9. The van der Waals surface area contributed by atoms with Crippen LogP contribution in [-0.4, -0.2) is 76.0 Å². The van der Waals surface area contributed by atoms with Gasteiger partial charge in [0.2, 0.25) is 5.95 Å². The molecule has 2 aromatic heterocycles. The van der Waals surface area contributed by atoms with E-state index in [0.29, 0.717) is 34.6 Å². The number of likely N-dealkylation sites (N-methyl/N-ethyl adjacent to an activating group) is 1. The van der Waals surface area contributed by atoms with Crippen molar-refractivity contribution in [3.05, 3.63) is 88.7 Å². The molecule has 1 saturated heterocycles. The van der Waals surface area contributed by atoms with Crippen LogP contribution in [0.1, 0.15) is 32.7 Å². The molecule has 6 rings (SSSR count). The van der Waals surface area contributed by atoms with Crippen LogP contribution in [0.3, 0.4) is 0 Å². The molecule has 0 unspecified atom stereocenters. The van der Waals surface area contributed by atoms with Crippen molar-refractivity contribution in [2.75, 3.05) is 56.1 Å². The second-order valence-electron chi connectivity index (χ2n) is 11.1. The first-order valence-electron chi connectivity index (χ1n) is 14.6. The van der Waals surface area contributed by atoms with Crippen LogP contribution < -0.4 is 21.7 Å². The van der Waals surface area contributed by atoms with Gasteiger partial charge in [-0.2, -0.15) is 0 Å². The van der Waals surface area contributed by atoms with Gasteiger partial charge in [0.15, 0.2) is 0 Å². The normalized spacial score (nSPS) is 15.1. The van der Waals surface area contributed by atoms with Crippen LogP contribution in [-0.2, 0) is 20.0 Å². The summed E-state index contributed by atoms with van der Waals surface area (Å²) in [6.07, 6.45) is 2.32. The number of amides is 3. The Morgan fingerprint density at radius 2 is 1.75 bits per heavy atom. The van der Waals surface area contributed by atoms with E-state index >= 15 is 0 Å². The Labute approximate surface area is 256 Å². The molecule has 0 aliphatic carbocycles. The Hall–Kier alpha value is -5.18. The SMILES string of the molecule is CN1CCN(Cc2cccc(NC(=O)Nc3cccc(C#Cc4cnc(N)nc4-c4cc5c(n4C)CCNC5=O)c3)c2)CC1. The van der Waals surface area contributed by atoms with Crippen molar-refractivity contribution in [3.63, 3.8) is 0 Å². The highest BCUT2D eigenvalue weighted by atomic mass is 16.2. The second kappa shape index (κ2) is 12.6. The third-order valence-electron chi connectivity index (χ3n) is 7.95. The molecule has 11 heteroatoms. The quantitative estimate of drug-likeness (QED) is 0.263. The molecular weight excluding hydrogens is 554 g/mol. The number of fused-ring (bicyclic) bond motifs is 1. The number of hydrogen-bond donors (Lipinski definition) is 4. The van der Waals surface area contributed by atoms with Gasteiger partial charge in [0.1, 0.15) is 5.69 Å². The van der Waals surface area contributed by atoms with Crippen molar-refractivity contribution >= 4 is 29.3 Å². The molecule has 2 aliphatic heterocycles. The molecule has 0 bridgehead atoms. The summed E-state index contributed by atoms with van der Waals surface area (Å²) in [5, 5.41) is 8.72. The summed E-state index contributed by atoms with van der Waals surface area (Å²) < 4.78 is 1.96. The van der Waals surface area contributed by atoms with Crippen molar-refractivity contribution in [2.45, 2.75) is 13.0 Å². The zero-order valence-electron chi connectivity index (χ0n) is 24.9. The molecule has 0 spiro atoms. The minimum Gasteiger partial charge on any atom is -0.368 e. The largest absolute Gasteiger partial charge is 0.368 e. The van der Waals surface area contributed by atoms with Gasteiger partial charge in [-0.05, 0) is 49.0 Å². The Morgan fingerprint density at radius 3 is 2.52 bits per heavy atom. The van der Waals surface area contributed by atoms with Crippen LogP contribution >= 0.6 is 0 Å². The van der Waals surface area contributed by atoms with Crippen LogP contribution in [0.15, 0.2) is 60.8 Å². The number of rotatable bonds is 5. The molecule has 3 amide bonds. The molecule has 4 heterocycles. The predicted octanol–water partition coefficient (Wildman–Crippen LogP) is 3.14. The number of aromatic nitrogens is 3. The fourth-order valence-electron chi connectivity index (χ4n) is 5.56. The molecule has 5 N–H and O–H groups in total. The van der Waals surface area contributed by atoms with Gasteiger partial charge in [-0.25, -0.2) is 14.8 Å². The number of nitrogens with one attached hydrogen (secondary N) is 3. The molecule has 2 aliphatic rings. The van der Waals surface area contributed by atoms with Gasteiger partial charge in [-0.3, -0.25) is 9.69 Å². The maximum Gasteiger partial charge on any atom is 0.323 e. The number of hydrogen-bond acceptors (Lipinski definition) is 7. The molecule has 2 aromatic carbocycles. The monoisotopic (exact) mass is 589 g/mol. The fourth-order valence-corrected chi connectivity index (χ4v) is 5.56. The van der Waals surface area contributed by atoms with Crippen LogP contribution in [0, 0.1) is 11.8 Å². The molecule has 0 atom stereocenters. The lowest BCUT2D eigenvalue weighted by Gasteiger charge is -2.32. The minimum absolute atomic E-state index is 0.102. The van der Waals surface area contributed by atoms with E-state index < -0.39 is 0 Å². The first-order chi connectivity index (χ1) is 21.3. The molecule has 11 nitrogen and oxygen atoms in total. The number of anilines is 3. The lowest BCUT2D eigenvalue weighted by Crippen LogP contribution is -2.43. The van der Waals surface area contributed by atoms with E-state index in [1.807, 2.05) is 54.1 Å². The highest BCUT2D eigenvalue weighted by Crippen LogP contribution is 2.28. The summed E-state index contributed by atoms with van der Waals surface area (Å²) in [4.78, 5) is 38.6. The van der Waals surface area contributed by atoms with Gasteiger partial charge in [0.05, 0.1) is 16.8 Å². The zero-order chi connectivity index (χ0) is 30.6. The number of nitrogen functional groups attached to an aromatic ring is 1. The molecule has 44 heavy (non-hydrogen) atoms. The van der Waals surface area contributed by atoms with E-state index in [1.54, 1.807) is 12.3 Å². The summed E-state index contributed by atoms with van der Waals surface area (Å²) >= 11 is 0. The number of carbonyl (C=O) groups excluding carboxylic acids is 2. The van der Waals surface area contributed by atoms with Gasteiger partial charge in [0, 0.05) is 81.6 Å². The molecule has 4 aromatic rings. The van der Waals surface area contributed by atoms with E-state index in [4.69, 9.17) is 5.73 Å². The highest BCUT2D eigenvalue weighted by Gasteiger charge is 2.24. The maximum atomic E-state index is 12.8. The van der Waals surface area contributed by atoms with Crippen LogP contribution in [0.5, 0.6) is 0 Å². The third-order valence-corrected chi connectivity index (χ3v) is 7.95. The van der Waals surface area contributed by atoms with Crippen molar-refractivity contribution < 1.29 is 9.59 Å². The Balaban J connectivity index is 1.15. The molecule has 0 saturated carbocycles. The van der Waals surface area contributed by atoms with Gasteiger partial charge in [-0.15, -0.1) is 0 Å². The first-order valence-corrected chi connectivity index (χ1v) is 14.6. The summed E-state index contributed by atoms with van der Waals surface area (Å²) in [6, 6.07) is 16.8. The Kier molecular flexibility index (Phi) is 8.27. The zero-order valence-corrected chi connectivity index (χ0v) is 24.9. The summed E-state index contributed by atoms with van der Waals surface area (Å²) in [5.74, 6) is 6.33. The maximum absolute atomic E-state index is 12.8. The molecule has 0 radical (unpaired) electrons. The molecule has 224 valence electrons. The summed E-state index contributed by atoms with van der Waals surface area (Å²) in [6.45, 7) is 5.64. The number of nitrogens with zero attached hydrogens (tertiary/aromatic N) is 5. The van der Waals surface area contributed by atoms with Crippen LogP contribution in [0.25, 0.3) is 11.4 Å². The Bertz CT molecular complexity index is 1780. The standard InChI is InChI=1S/C33H35N9O2/c1-40-13-15-42(16-14-40)21-23-6-4-8-26(18-23)38-33(44)37-25-7-3-5-22(17-25)9-10-24-20-36-32(34)39-30(24)29-19-27-28(41(29)2)11-12-35-31(27)43/h3-8,17-20H,11-16,21H2,1-2H3,(H,35,43)(H2,34,36,39)(H2,37,38,44). The van der Waals surface area contributed by atoms with Crippen molar-refractivity contribution in [1.82, 2.24) is 29.7 Å². The van der Waals surface area contributed by atoms with Gasteiger partial charge >= 0.3 is 6.03 Å². The van der Waals surface area contributed by atoms with E-state index in [-0.39, 0.29) is 17.9 Å². The van der Waals surface area contributed by atoms with E-state index in [1.165, 1.54) is 0 Å². The van der Waals surface area contributed by atoms with Crippen LogP contribution in [0.2, 0.25) is 0 Å². The lowest BCUT2D eigenvalue weighted by atomic mass is 10.1. The Morgan fingerprint density at radius 1 is 1.00 bits per heavy atom. The van der Waals surface area contributed by atoms with Crippen LogP contribution in [0.4, 0.5) is 22.1 Å². The summed E-state index contributed by atoms with van der Waals surface area (Å²) in [5.41, 5.74) is 12.6. The van der Waals surface area contributed by atoms with E-state index in [9.17, 15) is 9.59 Å². The van der Waals surface area contributed by atoms with E-state index in [0.717, 1.165) is 61.8 Å². The second-order valence-corrected chi connectivity index (χ2v) is 11.1. The van der Waals surface area contributed by atoms with Gasteiger partial charge in [-0.1, -0.05) is 30.0 Å². The summed E-state index contributed by atoms with van der Waals surface area (Å²) in [7, 11) is 4.06. The van der Waals surface area contributed by atoms with Crippen molar-refractivity contribution in [3.8, 4) is 23.2 Å². The average Bonchev–Trinajstić information content (AvgIpc) is 3.35. The number of nitrogens with two attached hydrogens (primary N) is 1. The van der Waals surface area contributed by atoms with E-state index in [2.05, 4.69) is 60.7 Å². The van der Waals surface area contributed by atoms with Gasteiger partial charge in [0.25, 0.3) is 5.91 Å². The average molecular weight is 590 g/mol. The topological polar surface area (TPSA) is 133 Å². The van der Waals surface area contributed by atoms with Gasteiger partial charge < -0.3 is 31.2 Å².